The summed E-state index contributed by atoms with van der Waals surface area (Å²) in [6.45, 7) is 3.96. The van der Waals surface area contributed by atoms with Gasteiger partial charge >= 0.3 is 0 Å². The molecule has 146 valence electrons. The van der Waals surface area contributed by atoms with Gasteiger partial charge in [0.1, 0.15) is 5.75 Å². The van der Waals surface area contributed by atoms with E-state index in [1.54, 1.807) is 20.2 Å². The molecule has 0 unspecified atom stereocenters. The van der Waals surface area contributed by atoms with E-state index < -0.39 is 5.91 Å². The second-order valence-electron chi connectivity index (χ2n) is 5.90. The smallest absolute Gasteiger partial charge is 0.255 e. The van der Waals surface area contributed by atoms with Gasteiger partial charge in [0.25, 0.3) is 5.91 Å². The minimum atomic E-state index is -0.495. The number of aliphatic imine (C=N–C) groups is 1. The van der Waals surface area contributed by atoms with Crippen LogP contribution in [0.1, 0.15) is 12.0 Å². The van der Waals surface area contributed by atoms with Crippen molar-refractivity contribution in [2.45, 2.75) is 13.0 Å². The number of carbonyl (C=O) groups excluding carboxylic acids is 1. The number of nitrogens with zero attached hydrogens (tertiary/aromatic N) is 2. The van der Waals surface area contributed by atoms with Gasteiger partial charge in [-0.2, -0.15) is 0 Å². The van der Waals surface area contributed by atoms with Crippen molar-refractivity contribution in [1.29, 1.82) is 0 Å². The standard InChI is InChI=1S/C18H31N5O3/c1-20-18(21-8-10-23(2)9-5-11-25-3)22-13-15-6-4-7-16(12-15)26-14-17(19)24/h4,6-7,12H,5,8-11,13-14H2,1-3H3,(H2,19,24)(H2,20,21,22). The fourth-order valence-corrected chi connectivity index (χ4v) is 2.26. The molecule has 8 nitrogen and oxygen atoms in total. The summed E-state index contributed by atoms with van der Waals surface area (Å²) in [7, 11) is 5.55. The highest BCUT2D eigenvalue weighted by Gasteiger charge is 2.03. The van der Waals surface area contributed by atoms with Crippen LogP contribution in [0.4, 0.5) is 0 Å². The molecular weight excluding hydrogens is 334 g/mol. The fraction of sp³-hybridized carbons (Fsp3) is 0.556. The zero-order valence-corrected chi connectivity index (χ0v) is 16.0. The van der Waals surface area contributed by atoms with Crippen molar-refractivity contribution < 1.29 is 14.3 Å². The van der Waals surface area contributed by atoms with Gasteiger partial charge < -0.3 is 30.7 Å². The average Bonchev–Trinajstić information content (AvgIpc) is 2.63. The summed E-state index contributed by atoms with van der Waals surface area (Å²) >= 11 is 0. The molecule has 0 aliphatic rings. The van der Waals surface area contributed by atoms with E-state index in [0.29, 0.717) is 12.3 Å². The van der Waals surface area contributed by atoms with Gasteiger partial charge in [-0.05, 0) is 31.2 Å². The molecule has 0 aromatic heterocycles. The van der Waals surface area contributed by atoms with Gasteiger partial charge in [0.15, 0.2) is 12.6 Å². The van der Waals surface area contributed by atoms with Crippen LogP contribution in [-0.4, -0.2) is 70.8 Å². The minimum Gasteiger partial charge on any atom is -0.484 e. The molecule has 0 aliphatic heterocycles. The van der Waals surface area contributed by atoms with E-state index in [2.05, 4.69) is 27.6 Å². The Morgan fingerprint density at radius 3 is 2.81 bits per heavy atom. The van der Waals surface area contributed by atoms with Crippen molar-refractivity contribution >= 4 is 11.9 Å². The Balaban J connectivity index is 2.33. The summed E-state index contributed by atoms with van der Waals surface area (Å²) in [6, 6.07) is 7.51. The van der Waals surface area contributed by atoms with Gasteiger partial charge in [-0.25, -0.2) is 0 Å². The van der Waals surface area contributed by atoms with Gasteiger partial charge in [0.2, 0.25) is 0 Å². The predicted molar refractivity (Wildman–Crippen MR) is 103 cm³/mol. The minimum absolute atomic E-state index is 0.127. The Kier molecular flexibility index (Phi) is 10.8. The van der Waals surface area contributed by atoms with Crippen LogP contribution in [0.3, 0.4) is 0 Å². The number of carbonyl (C=O) groups is 1. The van der Waals surface area contributed by atoms with Crippen LogP contribution < -0.4 is 21.1 Å². The van der Waals surface area contributed by atoms with E-state index in [9.17, 15) is 4.79 Å². The van der Waals surface area contributed by atoms with Gasteiger partial charge in [-0.3, -0.25) is 9.79 Å². The molecule has 0 fully saturated rings. The molecule has 0 spiro atoms. The molecule has 0 saturated heterocycles. The van der Waals surface area contributed by atoms with Crippen molar-refractivity contribution in [1.82, 2.24) is 15.5 Å². The third-order valence-electron chi connectivity index (χ3n) is 3.64. The molecule has 0 aliphatic carbocycles. The van der Waals surface area contributed by atoms with E-state index in [0.717, 1.165) is 44.2 Å². The largest absolute Gasteiger partial charge is 0.484 e. The van der Waals surface area contributed by atoms with Gasteiger partial charge in [-0.1, -0.05) is 12.1 Å². The van der Waals surface area contributed by atoms with Crippen LogP contribution in [-0.2, 0) is 16.1 Å². The number of hydrogen-bond acceptors (Lipinski definition) is 5. The third kappa shape index (κ3) is 9.85. The van der Waals surface area contributed by atoms with E-state index in [4.69, 9.17) is 15.2 Å². The molecule has 1 aromatic rings. The highest BCUT2D eigenvalue weighted by Crippen LogP contribution is 2.12. The Bertz CT molecular complexity index is 566. The number of hydrogen-bond donors (Lipinski definition) is 3. The SMILES string of the molecule is CN=C(NCCN(C)CCCOC)NCc1cccc(OCC(N)=O)c1. The van der Waals surface area contributed by atoms with Crippen LogP contribution >= 0.6 is 0 Å². The normalized spacial score (nSPS) is 11.5. The summed E-state index contributed by atoms with van der Waals surface area (Å²) in [4.78, 5) is 17.3. The lowest BCUT2D eigenvalue weighted by molar-refractivity contribution is -0.119. The summed E-state index contributed by atoms with van der Waals surface area (Å²) in [6.07, 6.45) is 1.02. The summed E-state index contributed by atoms with van der Waals surface area (Å²) < 4.78 is 10.4. The zero-order valence-electron chi connectivity index (χ0n) is 16.0. The molecule has 0 saturated carbocycles. The number of likely N-dealkylation sites (N-methyl/N-ethyl adjacent to an activating group) is 1. The fourth-order valence-electron chi connectivity index (χ4n) is 2.26. The molecule has 0 radical (unpaired) electrons. The second kappa shape index (κ2) is 13.0. The Morgan fingerprint density at radius 2 is 2.12 bits per heavy atom. The average molecular weight is 365 g/mol. The topological polar surface area (TPSA) is 101 Å². The monoisotopic (exact) mass is 365 g/mol. The molecule has 0 atom stereocenters. The molecule has 0 bridgehead atoms. The Morgan fingerprint density at radius 1 is 1.31 bits per heavy atom. The lowest BCUT2D eigenvalue weighted by Crippen LogP contribution is -2.40. The van der Waals surface area contributed by atoms with Gasteiger partial charge in [0, 0.05) is 46.9 Å². The number of amides is 1. The first kappa shape index (κ1) is 21.7. The molecule has 4 N–H and O–H groups in total. The molecule has 0 heterocycles. The first-order valence-corrected chi connectivity index (χ1v) is 8.67. The maximum absolute atomic E-state index is 10.8. The van der Waals surface area contributed by atoms with E-state index in [1.807, 2.05) is 18.2 Å². The van der Waals surface area contributed by atoms with Crippen molar-refractivity contribution in [2.24, 2.45) is 10.7 Å². The molecule has 1 rings (SSSR count). The number of ether oxygens (including phenoxy) is 2. The number of guanidine groups is 1. The predicted octanol–water partition coefficient (Wildman–Crippen LogP) is 0.184. The number of primary amides is 1. The maximum atomic E-state index is 10.8. The second-order valence-corrected chi connectivity index (χ2v) is 5.90. The highest BCUT2D eigenvalue weighted by atomic mass is 16.5. The Labute approximate surface area is 155 Å². The first-order valence-electron chi connectivity index (χ1n) is 8.67. The van der Waals surface area contributed by atoms with Crippen molar-refractivity contribution in [3.8, 4) is 5.75 Å². The maximum Gasteiger partial charge on any atom is 0.255 e. The van der Waals surface area contributed by atoms with E-state index in [-0.39, 0.29) is 6.61 Å². The first-order chi connectivity index (χ1) is 12.5. The summed E-state index contributed by atoms with van der Waals surface area (Å²) in [5.74, 6) is 0.854. The molecule has 26 heavy (non-hydrogen) atoms. The van der Waals surface area contributed by atoms with Gasteiger partial charge in [-0.15, -0.1) is 0 Å². The number of nitrogens with two attached hydrogens (primary N) is 1. The number of nitrogens with one attached hydrogen (secondary N) is 2. The number of methoxy groups -OCH3 is 1. The summed E-state index contributed by atoms with van der Waals surface area (Å²) in [5, 5.41) is 6.55. The van der Waals surface area contributed by atoms with Crippen molar-refractivity contribution in [3.05, 3.63) is 29.8 Å². The quantitative estimate of drug-likeness (QED) is 0.278. The summed E-state index contributed by atoms with van der Waals surface area (Å²) in [5.41, 5.74) is 6.11. The molecular formula is C18H31N5O3. The van der Waals surface area contributed by atoms with E-state index >= 15 is 0 Å². The van der Waals surface area contributed by atoms with Crippen LogP contribution in [0.5, 0.6) is 5.75 Å². The van der Waals surface area contributed by atoms with Crippen LogP contribution in [0, 0.1) is 0 Å². The van der Waals surface area contributed by atoms with Crippen molar-refractivity contribution in [3.63, 3.8) is 0 Å². The lowest BCUT2D eigenvalue weighted by Gasteiger charge is -2.18. The number of benzene rings is 1. The highest BCUT2D eigenvalue weighted by molar-refractivity contribution is 5.79. The molecule has 1 aromatic carbocycles. The lowest BCUT2D eigenvalue weighted by atomic mass is 10.2. The third-order valence-corrected chi connectivity index (χ3v) is 3.64. The Hall–Kier alpha value is -2.32. The van der Waals surface area contributed by atoms with Crippen LogP contribution in [0.15, 0.2) is 29.3 Å². The molecule has 8 heteroatoms. The number of rotatable bonds is 12. The van der Waals surface area contributed by atoms with E-state index in [1.165, 1.54) is 0 Å². The molecule has 1 amide bonds. The van der Waals surface area contributed by atoms with Gasteiger partial charge in [0.05, 0.1) is 0 Å². The van der Waals surface area contributed by atoms with Crippen LogP contribution in [0.25, 0.3) is 0 Å². The zero-order chi connectivity index (χ0) is 19.2. The van der Waals surface area contributed by atoms with Crippen LogP contribution in [0.2, 0.25) is 0 Å². The van der Waals surface area contributed by atoms with Crippen molar-refractivity contribution in [2.75, 3.05) is 54.1 Å².